The van der Waals surface area contributed by atoms with Crippen LogP contribution in [0.3, 0.4) is 0 Å². The van der Waals surface area contributed by atoms with Crippen molar-refractivity contribution < 1.29 is 9.90 Å². The minimum Gasteiger partial charge on any atom is -0.508 e. The largest absolute Gasteiger partial charge is 0.508 e. The Labute approximate surface area is 140 Å². The number of hydrogen-bond acceptors (Lipinski definition) is 4. The number of hydrogen-bond donors (Lipinski definition) is 2. The Morgan fingerprint density at radius 2 is 2.08 bits per heavy atom. The van der Waals surface area contributed by atoms with Gasteiger partial charge in [-0.05, 0) is 36.6 Å². The smallest absolute Gasteiger partial charge is 0.318 e. The fourth-order valence-electron chi connectivity index (χ4n) is 2.82. The first-order chi connectivity index (χ1) is 11.5. The Morgan fingerprint density at radius 3 is 2.67 bits per heavy atom. The fourth-order valence-corrected chi connectivity index (χ4v) is 2.82. The molecule has 2 aromatic rings. The van der Waals surface area contributed by atoms with E-state index >= 15 is 0 Å². The number of aromatic hydroxyl groups is 1. The lowest BCUT2D eigenvalue weighted by molar-refractivity contribution is 0.199. The highest BCUT2D eigenvalue weighted by Crippen LogP contribution is 2.24. The lowest BCUT2D eigenvalue weighted by Gasteiger charge is -2.28. The summed E-state index contributed by atoms with van der Waals surface area (Å²) >= 11 is 0. The van der Waals surface area contributed by atoms with E-state index in [2.05, 4.69) is 21.6 Å². The average molecular weight is 327 g/mol. The number of nitrogens with zero attached hydrogens (tertiary/aromatic N) is 4. The molecule has 24 heavy (non-hydrogen) atoms. The number of phenolic OH excluding ortho intramolecular Hbond substituents is 1. The molecule has 0 saturated heterocycles. The number of aryl methyl sites for hydroxylation is 1. The molecule has 2 N–H and O–H groups in total. The van der Waals surface area contributed by atoms with Gasteiger partial charge in [0, 0.05) is 20.1 Å². The second kappa shape index (κ2) is 6.74. The van der Waals surface area contributed by atoms with Gasteiger partial charge in [-0.25, -0.2) is 4.79 Å². The first-order valence-electron chi connectivity index (χ1n) is 7.92. The summed E-state index contributed by atoms with van der Waals surface area (Å²) in [6.07, 6.45) is 4.46. The van der Waals surface area contributed by atoms with Crippen molar-refractivity contribution in [3.63, 3.8) is 0 Å². The van der Waals surface area contributed by atoms with Gasteiger partial charge in [0.1, 0.15) is 12.1 Å². The number of amides is 2. The third-order valence-electron chi connectivity index (χ3n) is 4.21. The summed E-state index contributed by atoms with van der Waals surface area (Å²) in [4.78, 5) is 14.2. The van der Waals surface area contributed by atoms with E-state index < -0.39 is 0 Å². The standard InChI is InChI=1S/C17H21N5O2/c1-12(16-20-18-11-21(16)2)19-17(24)22-9-7-14(8-10-22)13-3-5-15(23)6-4-13/h3-7,11-12,23H,8-10H2,1-2H3,(H,19,24)/t12-/m1/s1. The summed E-state index contributed by atoms with van der Waals surface area (Å²) in [5, 5.41) is 20.2. The highest BCUT2D eigenvalue weighted by atomic mass is 16.3. The Kier molecular flexibility index (Phi) is 4.50. The zero-order valence-electron chi connectivity index (χ0n) is 13.8. The van der Waals surface area contributed by atoms with E-state index in [-0.39, 0.29) is 17.8 Å². The summed E-state index contributed by atoms with van der Waals surface area (Å²) in [5.74, 6) is 0.981. The molecule has 2 amide bonds. The predicted octanol–water partition coefficient (Wildman–Crippen LogP) is 2.08. The van der Waals surface area contributed by atoms with Gasteiger partial charge in [0.25, 0.3) is 0 Å². The molecule has 0 fully saturated rings. The lowest BCUT2D eigenvalue weighted by Crippen LogP contribution is -2.43. The number of phenols is 1. The van der Waals surface area contributed by atoms with E-state index in [1.165, 1.54) is 5.57 Å². The SMILES string of the molecule is C[C@@H](NC(=O)N1CC=C(c2ccc(O)cc2)CC1)c1nncn1C. The molecule has 1 aromatic carbocycles. The maximum atomic E-state index is 12.4. The van der Waals surface area contributed by atoms with Crippen LogP contribution in [0.2, 0.25) is 0 Å². The van der Waals surface area contributed by atoms with Crippen LogP contribution in [0.1, 0.15) is 30.8 Å². The summed E-state index contributed by atoms with van der Waals surface area (Å²) in [7, 11) is 1.85. The first-order valence-corrected chi connectivity index (χ1v) is 7.92. The number of rotatable bonds is 3. The molecule has 7 nitrogen and oxygen atoms in total. The van der Waals surface area contributed by atoms with E-state index in [0.29, 0.717) is 13.1 Å². The third-order valence-corrected chi connectivity index (χ3v) is 4.21. The van der Waals surface area contributed by atoms with E-state index in [1.807, 2.05) is 26.1 Å². The lowest BCUT2D eigenvalue weighted by atomic mass is 9.99. The molecule has 7 heteroatoms. The zero-order valence-corrected chi connectivity index (χ0v) is 13.8. The Bertz CT molecular complexity index is 751. The quantitative estimate of drug-likeness (QED) is 0.904. The number of carbonyl (C=O) groups is 1. The molecule has 0 saturated carbocycles. The first kappa shape index (κ1) is 16.0. The van der Waals surface area contributed by atoms with Crippen molar-refractivity contribution in [3.8, 4) is 5.75 Å². The maximum absolute atomic E-state index is 12.4. The van der Waals surface area contributed by atoms with Crippen molar-refractivity contribution in [1.82, 2.24) is 25.0 Å². The number of aromatic nitrogens is 3. The summed E-state index contributed by atoms with van der Waals surface area (Å²) in [5.41, 5.74) is 2.28. The van der Waals surface area contributed by atoms with Crippen molar-refractivity contribution in [2.45, 2.75) is 19.4 Å². The Morgan fingerprint density at radius 1 is 1.33 bits per heavy atom. The second-order valence-electron chi connectivity index (χ2n) is 5.94. The summed E-state index contributed by atoms with van der Waals surface area (Å²) < 4.78 is 1.80. The Balaban J connectivity index is 1.60. The topological polar surface area (TPSA) is 83.3 Å². The van der Waals surface area contributed by atoms with Crippen LogP contribution < -0.4 is 5.32 Å². The number of urea groups is 1. The highest BCUT2D eigenvalue weighted by molar-refractivity contribution is 5.77. The van der Waals surface area contributed by atoms with Gasteiger partial charge in [0.15, 0.2) is 5.82 Å². The van der Waals surface area contributed by atoms with Gasteiger partial charge in [-0.3, -0.25) is 0 Å². The third kappa shape index (κ3) is 3.40. The molecule has 126 valence electrons. The van der Waals surface area contributed by atoms with E-state index in [1.54, 1.807) is 27.9 Å². The van der Waals surface area contributed by atoms with Crippen LogP contribution in [0.15, 0.2) is 36.7 Å². The molecule has 1 aromatic heterocycles. The van der Waals surface area contributed by atoms with Crippen LogP contribution in [0.4, 0.5) is 4.79 Å². The van der Waals surface area contributed by atoms with E-state index in [9.17, 15) is 9.90 Å². The molecule has 0 bridgehead atoms. The molecular weight excluding hydrogens is 306 g/mol. The van der Waals surface area contributed by atoms with Gasteiger partial charge < -0.3 is 19.9 Å². The number of benzene rings is 1. The normalized spacial score (nSPS) is 15.8. The van der Waals surface area contributed by atoms with Gasteiger partial charge in [0.2, 0.25) is 0 Å². The number of nitrogens with one attached hydrogen (secondary N) is 1. The van der Waals surface area contributed by atoms with Crippen LogP contribution in [0.5, 0.6) is 5.75 Å². The molecule has 3 rings (SSSR count). The zero-order chi connectivity index (χ0) is 17.1. The molecule has 0 spiro atoms. The molecule has 1 aliphatic rings. The number of carbonyl (C=O) groups excluding carboxylic acids is 1. The van der Waals surface area contributed by atoms with Crippen LogP contribution in [0.25, 0.3) is 5.57 Å². The van der Waals surface area contributed by atoms with Crippen LogP contribution in [-0.2, 0) is 7.05 Å². The monoisotopic (exact) mass is 327 g/mol. The maximum Gasteiger partial charge on any atom is 0.318 e. The molecule has 0 radical (unpaired) electrons. The van der Waals surface area contributed by atoms with Crippen molar-refractivity contribution in [1.29, 1.82) is 0 Å². The van der Waals surface area contributed by atoms with Crippen molar-refractivity contribution in [3.05, 3.63) is 48.1 Å². The van der Waals surface area contributed by atoms with Gasteiger partial charge in [-0.1, -0.05) is 18.2 Å². The summed E-state index contributed by atoms with van der Waals surface area (Å²) in [6.45, 7) is 3.11. The molecule has 0 unspecified atom stereocenters. The molecule has 2 heterocycles. The second-order valence-corrected chi connectivity index (χ2v) is 5.94. The molecule has 0 aliphatic carbocycles. The van der Waals surface area contributed by atoms with Gasteiger partial charge >= 0.3 is 6.03 Å². The fraction of sp³-hybridized carbons (Fsp3) is 0.353. The summed E-state index contributed by atoms with van der Waals surface area (Å²) in [6, 6.07) is 6.84. The van der Waals surface area contributed by atoms with Crippen LogP contribution in [-0.4, -0.2) is 43.9 Å². The van der Waals surface area contributed by atoms with Crippen LogP contribution >= 0.6 is 0 Å². The van der Waals surface area contributed by atoms with E-state index in [4.69, 9.17) is 0 Å². The van der Waals surface area contributed by atoms with Gasteiger partial charge in [-0.15, -0.1) is 10.2 Å². The van der Waals surface area contributed by atoms with E-state index in [0.717, 1.165) is 17.8 Å². The van der Waals surface area contributed by atoms with Gasteiger partial charge in [0.05, 0.1) is 6.04 Å². The van der Waals surface area contributed by atoms with Crippen molar-refractivity contribution >= 4 is 11.6 Å². The molecular formula is C17H21N5O2. The van der Waals surface area contributed by atoms with Crippen molar-refractivity contribution in [2.75, 3.05) is 13.1 Å². The predicted molar refractivity (Wildman–Crippen MR) is 90.2 cm³/mol. The highest BCUT2D eigenvalue weighted by Gasteiger charge is 2.21. The average Bonchev–Trinajstić information content (AvgIpc) is 3.02. The Hall–Kier alpha value is -2.83. The molecule has 1 atom stereocenters. The minimum absolute atomic E-state index is 0.105. The molecule has 1 aliphatic heterocycles. The van der Waals surface area contributed by atoms with Crippen molar-refractivity contribution in [2.24, 2.45) is 7.05 Å². The minimum atomic E-state index is -0.201. The van der Waals surface area contributed by atoms with Gasteiger partial charge in [-0.2, -0.15) is 0 Å². The van der Waals surface area contributed by atoms with Crippen LogP contribution in [0, 0.1) is 0 Å².